The average Bonchev–Trinajstić information content (AvgIpc) is 2.91. The van der Waals surface area contributed by atoms with E-state index in [1.807, 2.05) is 30.3 Å². The van der Waals surface area contributed by atoms with Crippen LogP contribution >= 0.6 is 0 Å². The molecule has 1 fully saturated rings. The number of nitrogens with one attached hydrogen (secondary N) is 1. The van der Waals surface area contributed by atoms with Crippen LogP contribution in [0.2, 0.25) is 0 Å². The van der Waals surface area contributed by atoms with E-state index in [1.165, 1.54) is 42.7 Å². The fourth-order valence-corrected chi connectivity index (χ4v) is 3.41. The normalized spacial score (nSPS) is 17.8. The molecule has 2 aromatic carbocycles. The predicted octanol–water partition coefficient (Wildman–Crippen LogP) is 2.52. The summed E-state index contributed by atoms with van der Waals surface area (Å²) in [5.74, 6) is 5.85. The van der Waals surface area contributed by atoms with Crippen LogP contribution in [0, 0.1) is 17.7 Å². The fraction of sp³-hybridized carbons (Fsp3) is 0.364. The molecule has 0 radical (unpaired) electrons. The number of hydrogen-bond acceptors (Lipinski definition) is 1. The molecule has 1 heterocycles. The van der Waals surface area contributed by atoms with Gasteiger partial charge in [0.1, 0.15) is 12.4 Å². The summed E-state index contributed by atoms with van der Waals surface area (Å²) in [6.07, 6.45) is 5.08. The standard InChI is InChI=1S/C22H24FNO/c23-21-13-8-12-20(18-21)22(25,19-10-4-3-5-11-19)14-9-17-24-15-6-1-2-7-16-24/h3-5,8,10-13,18,25H,1-2,6-7,15-17H2/p+1. The Bertz CT molecular complexity index is 741. The first-order chi connectivity index (χ1) is 12.2. The highest BCUT2D eigenvalue weighted by Crippen LogP contribution is 2.29. The van der Waals surface area contributed by atoms with Crippen LogP contribution in [0.3, 0.4) is 0 Å². The van der Waals surface area contributed by atoms with E-state index in [9.17, 15) is 9.50 Å². The second-order valence-corrected chi connectivity index (χ2v) is 6.73. The van der Waals surface area contributed by atoms with Gasteiger partial charge in [-0.2, -0.15) is 0 Å². The van der Waals surface area contributed by atoms with Gasteiger partial charge < -0.3 is 10.0 Å². The van der Waals surface area contributed by atoms with E-state index < -0.39 is 5.60 Å². The van der Waals surface area contributed by atoms with E-state index in [1.54, 1.807) is 12.1 Å². The zero-order valence-electron chi connectivity index (χ0n) is 14.5. The molecule has 1 aliphatic heterocycles. The molecule has 1 unspecified atom stereocenters. The van der Waals surface area contributed by atoms with Crippen LogP contribution in [-0.4, -0.2) is 24.7 Å². The van der Waals surface area contributed by atoms with E-state index >= 15 is 0 Å². The molecule has 1 saturated heterocycles. The molecule has 3 rings (SSSR count). The Morgan fingerprint density at radius 1 is 0.920 bits per heavy atom. The van der Waals surface area contributed by atoms with E-state index in [4.69, 9.17) is 0 Å². The maximum absolute atomic E-state index is 13.7. The highest BCUT2D eigenvalue weighted by molar-refractivity contribution is 5.44. The monoisotopic (exact) mass is 338 g/mol. The van der Waals surface area contributed by atoms with Crippen LogP contribution in [-0.2, 0) is 5.60 Å². The van der Waals surface area contributed by atoms with Crippen LogP contribution in [0.4, 0.5) is 4.39 Å². The highest BCUT2D eigenvalue weighted by Gasteiger charge is 2.29. The van der Waals surface area contributed by atoms with Gasteiger partial charge in [-0.15, -0.1) is 0 Å². The van der Waals surface area contributed by atoms with Gasteiger partial charge in [0, 0.05) is 11.1 Å². The first kappa shape index (κ1) is 17.7. The summed E-state index contributed by atoms with van der Waals surface area (Å²) in [6, 6.07) is 15.4. The van der Waals surface area contributed by atoms with Crippen molar-refractivity contribution in [1.29, 1.82) is 0 Å². The molecule has 0 aromatic heterocycles. The lowest BCUT2D eigenvalue weighted by Crippen LogP contribution is -3.11. The third-order valence-electron chi connectivity index (χ3n) is 4.85. The Balaban J connectivity index is 1.89. The van der Waals surface area contributed by atoms with Gasteiger partial charge >= 0.3 is 0 Å². The smallest absolute Gasteiger partial charge is 0.177 e. The number of rotatable bonds is 3. The van der Waals surface area contributed by atoms with E-state index in [2.05, 4.69) is 11.8 Å². The van der Waals surface area contributed by atoms with Gasteiger partial charge in [0.2, 0.25) is 0 Å². The Labute approximate surface area is 149 Å². The number of halogens is 1. The van der Waals surface area contributed by atoms with Crippen LogP contribution in [0.1, 0.15) is 36.8 Å². The maximum atomic E-state index is 13.7. The van der Waals surface area contributed by atoms with Crippen molar-refractivity contribution in [3.63, 3.8) is 0 Å². The molecule has 2 N–H and O–H groups in total. The minimum atomic E-state index is -1.49. The minimum absolute atomic E-state index is 0.369. The molecule has 0 saturated carbocycles. The summed E-state index contributed by atoms with van der Waals surface area (Å²) >= 11 is 0. The van der Waals surface area contributed by atoms with Crippen molar-refractivity contribution in [1.82, 2.24) is 0 Å². The third kappa shape index (κ3) is 4.48. The summed E-state index contributed by atoms with van der Waals surface area (Å²) in [4.78, 5) is 1.47. The molecule has 2 aromatic rings. The molecule has 0 aliphatic carbocycles. The highest BCUT2D eigenvalue weighted by atomic mass is 19.1. The summed E-state index contributed by atoms with van der Waals surface area (Å²) in [5, 5.41) is 11.3. The summed E-state index contributed by atoms with van der Waals surface area (Å²) < 4.78 is 13.7. The van der Waals surface area contributed by atoms with Crippen LogP contribution < -0.4 is 4.90 Å². The summed E-state index contributed by atoms with van der Waals surface area (Å²) in [5.41, 5.74) is -0.356. The second kappa shape index (κ2) is 8.29. The van der Waals surface area contributed by atoms with Gasteiger partial charge in [-0.25, -0.2) is 4.39 Å². The molecule has 0 amide bonds. The molecule has 130 valence electrons. The number of hydrogen-bond donors (Lipinski definition) is 2. The lowest BCUT2D eigenvalue weighted by molar-refractivity contribution is -0.891. The quantitative estimate of drug-likeness (QED) is 0.826. The maximum Gasteiger partial charge on any atom is 0.177 e. The van der Waals surface area contributed by atoms with Gasteiger partial charge in [0.05, 0.1) is 13.1 Å². The molecule has 1 atom stereocenters. The van der Waals surface area contributed by atoms with Crippen LogP contribution in [0.25, 0.3) is 0 Å². The van der Waals surface area contributed by atoms with E-state index in [-0.39, 0.29) is 5.82 Å². The first-order valence-electron chi connectivity index (χ1n) is 9.06. The predicted molar refractivity (Wildman–Crippen MR) is 97.6 cm³/mol. The molecule has 1 aliphatic rings. The van der Waals surface area contributed by atoms with Crippen LogP contribution in [0.5, 0.6) is 0 Å². The molecule has 25 heavy (non-hydrogen) atoms. The van der Waals surface area contributed by atoms with Gasteiger partial charge in [-0.3, -0.25) is 0 Å². The lowest BCUT2D eigenvalue weighted by Gasteiger charge is -2.23. The zero-order chi connectivity index (χ0) is 17.5. The Morgan fingerprint density at radius 2 is 1.60 bits per heavy atom. The summed E-state index contributed by atoms with van der Waals surface area (Å²) in [6.45, 7) is 2.99. The van der Waals surface area contributed by atoms with Crippen molar-refractivity contribution in [3.8, 4) is 11.8 Å². The molecular formula is C22H25FNO+. The fourth-order valence-electron chi connectivity index (χ4n) is 3.41. The molecule has 3 heteroatoms. The Kier molecular flexibility index (Phi) is 5.86. The van der Waals surface area contributed by atoms with Crippen molar-refractivity contribution >= 4 is 0 Å². The lowest BCUT2D eigenvalue weighted by atomic mass is 9.87. The van der Waals surface area contributed by atoms with Gasteiger partial charge in [0.15, 0.2) is 5.60 Å². The third-order valence-corrected chi connectivity index (χ3v) is 4.85. The number of quaternary nitrogens is 1. The molecular weight excluding hydrogens is 313 g/mol. The van der Waals surface area contributed by atoms with Gasteiger partial charge in [0.25, 0.3) is 0 Å². The van der Waals surface area contributed by atoms with Gasteiger partial charge in [-0.05, 0) is 43.7 Å². The van der Waals surface area contributed by atoms with Crippen molar-refractivity contribution in [2.24, 2.45) is 0 Å². The minimum Gasteiger partial charge on any atom is -0.369 e. The topological polar surface area (TPSA) is 24.7 Å². The van der Waals surface area contributed by atoms with Crippen molar-refractivity contribution < 1.29 is 14.4 Å². The molecule has 2 nitrogen and oxygen atoms in total. The molecule has 0 spiro atoms. The average molecular weight is 338 g/mol. The Hall–Kier alpha value is -2.15. The number of likely N-dealkylation sites (tertiary alicyclic amines) is 1. The summed E-state index contributed by atoms with van der Waals surface area (Å²) in [7, 11) is 0. The molecule has 0 bridgehead atoms. The Morgan fingerprint density at radius 3 is 2.28 bits per heavy atom. The van der Waals surface area contributed by atoms with Crippen molar-refractivity contribution in [3.05, 3.63) is 71.5 Å². The number of benzene rings is 2. The largest absolute Gasteiger partial charge is 0.369 e. The second-order valence-electron chi connectivity index (χ2n) is 6.73. The van der Waals surface area contributed by atoms with E-state index in [0.29, 0.717) is 17.7 Å². The first-order valence-corrected chi connectivity index (χ1v) is 9.06. The number of aliphatic hydroxyl groups is 1. The van der Waals surface area contributed by atoms with Crippen molar-refractivity contribution in [2.45, 2.75) is 31.3 Å². The SMILES string of the molecule is OC(C#CC[NH+]1CCCCCC1)(c1ccccc1)c1cccc(F)c1. The van der Waals surface area contributed by atoms with E-state index in [0.717, 1.165) is 13.1 Å². The van der Waals surface area contributed by atoms with Gasteiger partial charge in [-0.1, -0.05) is 48.4 Å². The van der Waals surface area contributed by atoms with Crippen molar-refractivity contribution in [2.75, 3.05) is 19.6 Å². The zero-order valence-corrected chi connectivity index (χ0v) is 14.5. The van der Waals surface area contributed by atoms with Crippen LogP contribution in [0.15, 0.2) is 54.6 Å².